The van der Waals surface area contributed by atoms with Crippen LogP contribution in [0.3, 0.4) is 0 Å². The van der Waals surface area contributed by atoms with Crippen LogP contribution < -0.4 is 0 Å². The summed E-state index contributed by atoms with van der Waals surface area (Å²) in [6.07, 6.45) is 0.701. The van der Waals surface area contributed by atoms with E-state index in [9.17, 15) is 4.79 Å². The van der Waals surface area contributed by atoms with E-state index in [4.69, 9.17) is 4.74 Å². The minimum Gasteiger partial charge on any atom is -0.458 e. The molecule has 0 fully saturated rings. The van der Waals surface area contributed by atoms with Gasteiger partial charge in [-0.25, -0.2) is 0 Å². The lowest BCUT2D eigenvalue weighted by molar-refractivity contribution is -0.144. The van der Waals surface area contributed by atoms with Crippen LogP contribution in [0.25, 0.3) is 0 Å². The predicted octanol–water partition coefficient (Wildman–Crippen LogP) is 1.90. The van der Waals surface area contributed by atoms with E-state index in [1.54, 1.807) is 0 Å². The minimum absolute atomic E-state index is 0.0995. The third kappa shape index (κ3) is 3.28. The Morgan fingerprint density at radius 1 is 1.60 bits per heavy atom. The van der Waals surface area contributed by atoms with Crippen LogP contribution in [0.1, 0.15) is 27.2 Å². The molecule has 0 radical (unpaired) electrons. The Labute approximate surface area is 61.9 Å². The van der Waals surface area contributed by atoms with E-state index in [0.717, 1.165) is 12.0 Å². The van der Waals surface area contributed by atoms with Crippen LogP contribution in [0.4, 0.5) is 0 Å². The van der Waals surface area contributed by atoms with Crippen LogP contribution in [0, 0.1) is 0 Å². The van der Waals surface area contributed by atoms with Gasteiger partial charge in [-0.1, -0.05) is 13.5 Å². The molecular formula is C8H14O2. The van der Waals surface area contributed by atoms with Crippen LogP contribution in [-0.4, -0.2) is 12.1 Å². The molecule has 0 aromatic rings. The van der Waals surface area contributed by atoms with Crippen molar-refractivity contribution in [3.05, 3.63) is 12.2 Å². The normalized spacial score (nSPS) is 12.3. The van der Waals surface area contributed by atoms with Crippen molar-refractivity contribution in [1.29, 1.82) is 0 Å². The summed E-state index contributed by atoms with van der Waals surface area (Å²) in [4.78, 5) is 10.5. The average Bonchev–Trinajstić information content (AvgIpc) is 1.81. The first-order chi connectivity index (χ1) is 4.57. The molecule has 2 nitrogen and oxygen atoms in total. The van der Waals surface area contributed by atoms with E-state index in [2.05, 4.69) is 6.58 Å². The Bertz CT molecular complexity index is 138. The summed E-state index contributed by atoms with van der Waals surface area (Å²) in [6.45, 7) is 8.93. The lowest BCUT2D eigenvalue weighted by Gasteiger charge is -2.13. The van der Waals surface area contributed by atoms with Crippen molar-refractivity contribution < 1.29 is 9.53 Å². The van der Waals surface area contributed by atoms with Crippen molar-refractivity contribution in [2.75, 3.05) is 0 Å². The topological polar surface area (TPSA) is 26.3 Å². The third-order valence-electron chi connectivity index (χ3n) is 1.23. The SMILES string of the molecule is C=C(C)[C@H](CC)OC(C)=O. The first-order valence-corrected chi connectivity index (χ1v) is 3.40. The molecule has 0 N–H and O–H groups in total. The predicted molar refractivity (Wildman–Crippen MR) is 40.7 cm³/mol. The zero-order valence-electron chi connectivity index (χ0n) is 6.81. The Morgan fingerprint density at radius 3 is 2.20 bits per heavy atom. The summed E-state index contributed by atoms with van der Waals surface area (Å²) < 4.78 is 4.92. The molecule has 1 atom stereocenters. The van der Waals surface area contributed by atoms with Gasteiger partial charge < -0.3 is 4.74 Å². The molecule has 0 aliphatic rings. The van der Waals surface area contributed by atoms with Gasteiger partial charge in [0.15, 0.2) is 0 Å². The number of hydrogen-bond acceptors (Lipinski definition) is 2. The van der Waals surface area contributed by atoms with Gasteiger partial charge >= 0.3 is 5.97 Å². The minimum atomic E-state index is -0.241. The molecule has 0 heterocycles. The van der Waals surface area contributed by atoms with E-state index in [1.807, 2.05) is 13.8 Å². The number of ether oxygens (including phenoxy) is 1. The van der Waals surface area contributed by atoms with Crippen LogP contribution in [0.5, 0.6) is 0 Å². The van der Waals surface area contributed by atoms with E-state index >= 15 is 0 Å². The van der Waals surface area contributed by atoms with E-state index in [-0.39, 0.29) is 12.1 Å². The van der Waals surface area contributed by atoms with Crippen molar-refractivity contribution in [2.45, 2.75) is 33.3 Å². The second-order valence-electron chi connectivity index (χ2n) is 2.35. The molecule has 0 aliphatic heterocycles. The summed E-state index contributed by atoms with van der Waals surface area (Å²) in [6, 6.07) is 0. The summed E-state index contributed by atoms with van der Waals surface area (Å²) in [5, 5.41) is 0. The summed E-state index contributed by atoms with van der Waals surface area (Å²) in [7, 11) is 0. The highest BCUT2D eigenvalue weighted by Crippen LogP contribution is 2.07. The first-order valence-electron chi connectivity index (χ1n) is 3.40. The zero-order chi connectivity index (χ0) is 8.15. The Morgan fingerprint density at radius 2 is 2.10 bits per heavy atom. The lowest BCUT2D eigenvalue weighted by atomic mass is 10.1. The van der Waals surface area contributed by atoms with Gasteiger partial charge in [0.05, 0.1) is 0 Å². The molecule has 0 aliphatic carbocycles. The van der Waals surface area contributed by atoms with Gasteiger partial charge in [-0.2, -0.15) is 0 Å². The number of rotatable bonds is 3. The van der Waals surface area contributed by atoms with Gasteiger partial charge in [0.1, 0.15) is 6.10 Å². The average molecular weight is 142 g/mol. The van der Waals surface area contributed by atoms with Gasteiger partial charge in [-0.3, -0.25) is 4.79 Å². The number of esters is 1. The van der Waals surface area contributed by atoms with Crippen molar-refractivity contribution in [3.8, 4) is 0 Å². The van der Waals surface area contributed by atoms with Crippen molar-refractivity contribution in [3.63, 3.8) is 0 Å². The van der Waals surface area contributed by atoms with Gasteiger partial charge in [-0.05, 0) is 18.9 Å². The Kier molecular flexibility index (Phi) is 3.77. The molecule has 0 aromatic carbocycles. The van der Waals surface area contributed by atoms with Gasteiger partial charge in [-0.15, -0.1) is 0 Å². The molecule has 0 saturated heterocycles. The molecule has 0 spiro atoms. The second kappa shape index (κ2) is 4.09. The zero-order valence-corrected chi connectivity index (χ0v) is 6.81. The smallest absolute Gasteiger partial charge is 0.303 e. The largest absolute Gasteiger partial charge is 0.458 e. The molecule has 2 heteroatoms. The fraction of sp³-hybridized carbons (Fsp3) is 0.625. The Hall–Kier alpha value is -0.790. The van der Waals surface area contributed by atoms with Crippen molar-refractivity contribution in [2.24, 2.45) is 0 Å². The summed E-state index contributed by atoms with van der Waals surface area (Å²) in [5.41, 5.74) is 0.901. The van der Waals surface area contributed by atoms with Gasteiger partial charge in [0, 0.05) is 6.92 Å². The lowest BCUT2D eigenvalue weighted by Crippen LogP contribution is -2.15. The van der Waals surface area contributed by atoms with Crippen LogP contribution in [0.15, 0.2) is 12.2 Å². The second-order valence-corrected chi connectivity index (χ2v) is 2.35. The quantitative estimate of drug-likeness (QED) is 0.444. The highest BCUT2D eigenvalue weighted by molar-refractivity contribution is 5.66. The highest BCUT2D eigenvalue weighted by atomic mass is 16.5. The van der Waals surface area contributed by atoms with Gasteiger partial charge in [0.25, 0.3) is 0 Å². The highest BCUT2D eigenvalue weighted by Gasteiger charge is 2.08. The Balaban J connectivity index is 3.83. The third-order valence-corrected chi connectivity index (χ3v) is 1.23. The number of hydrogen-bond donors (Lipinski definition) is 0. The fourth-order valence-corrected chi connectivity index (χ4v) is 0.733. The maximum absolute atomic E-state index is 10.5. The van der Waals surface area contributed by atoms with Crippen LogP contribution >= 0.6 is 0 Å². The molecule has 0 bridgehead atoms. The summed E-state index contributed by atoms with van der Waals surface area (Å²) >= 11 is 0. The maximum Gasteiger partial charge on any atom is 0.303 e. The van der Waals surface area contributed by atoms with Crippen molar-refractivity contribution in [1.82, 2.24) is 0 Å². The number of carbonyl (C=O) groups excluding carboxylic acids is 1. The first kappa shape index (κ1) is 9.21. The molecule has 0 aromatic heterocycles. The van der Waals surface area contributed by atoms with Crippen molar-refractivity contribution >= 4 is 5.97 Å². The monoisotopic (exact) mass is 142 g/mol. The van der Waals surface area contributed by atoms with Crippen LogP contribution in [-0.2, 0) is 9.53 Å². The molecular weight excluding hydrogens is 128 g/mol. The fourth-order valence-electron chi connectivity index (χ4n) is 0.733. The molecule has 58 valence electrons. The molecule has 0 unspecified atom stereocenters. The van der Waals surface area contributed by atoms with E-state index < -0.39 is 0 Å². The van der Waals surface area contributed by atoms with Gasteiger partial charge in [0.2, 0.25) is 0 Å². The molecule has 0 rings (SSSR count). The number of carbonyl (C=O) groups is 1. The molecule has 0 amide bonds. The van der Waals surface area contributed by atoms with Crippen LogP contribution in [0.2, 0.25) is 0 Å². The standard InChI is InChI=1S/C8H14O2/c1-5-8(6(2)3)10-7(4)9/h8H,2,5H2,1,3-4H3/t8-/m0/s1. The van der Waals surface area contributed by atoms with E-state index in [1.165, 1.54) is 6.92 Å². The maximum atomic E-state index is 10.5. The molecule has 0 saturated carbocycles. The molecule has 10 heavy (non-hydrogen) atoms. The summed E-state index contributed by atoms with van der Waals surface area (Å²) in [5.74, 6) is -0.241. The van der Waals surface area contributed by atoms with E-state index in [0.29, 0.717) is 0 Å².